The van der Waals surface area contributed by atoms with Crippen molar-refractivity contribution in [3.63, 3.8) is 0 Å². The second-order valence-electron chi connectivity index (χ2n) is 6.88. The van der Waals surface area contributed by atoms with Crippen LogP contribution in [-0.2, 0) is 4.79 Å². The molecule has 2 fully saturated rings. The van der Waals surface area contributed by atoms with Crippen molar-refractivity contribution in [1.82, 2.24) is 10.2 Å². The summed E-state index contributed by atoms with van der Waals surface area (Å²) in [4.78, 5) is 14.7. The van der Waals surface area contributed by atoms with Gasteiger partial charge < -0.3 is 11.1 Å². The Kier molecular flexibility index (Phi) is 5.85. The van der Waals surface area contributed by atoms with Gasteiger partial charge in [-0.2, -0.15) is 0 Å². The molecule has 1 heterocycles. The van der Waals surface area contributed by atoms with Gasteiger partial charge in [0.1, 0.15) is 0 Å². The van der Waals surface area contributed by atoms with Gasteiger partial charge in [-0.15, -0.1) is 0 Å². The van der Waals surface area contributed by atoms with E-state index in [1.165, 1.54) is 25.8 Å². The summed E-state index contributed by atoms with van der Waals surface area (Å²) < 4.78 is 0. The van der Waals surface area contributed by atoms with Crippen LogP contribution in [0.15, 0.2) is 0 Å². The fourth-order valence-electron chi connectivity index (χ4n) is 3.87. The maximum absolute atomic E-state index is 12.1. The van der Waals surface area contributed by atoms with Crippen LogP contribution in [0.25, 0.3) is 0 Å². The van der Waals surface area contributed by atoms with E-state index in [-0.39, 0.29) is 11.8 Å². The Bertz CT molecular complexity index is 321. The highest BCUT2D eigenvalue weighted by Crippen LogP contribution is 2.34. The molecule has 1 aliphatic carbocycles. The minimum Gasteiger partial charge on any atom is -0.355 e. The molecule has 0 spiro atoms. The zero-order valence-corrected chi connectivity index (χ0v) is 13.1. The number of piperidine rings is 1. The molecule has 20 heavy (non-hydrogen) atoms. The first-order valence-corrected chi connectivity index (χ1v) is 8.33. The van der Waals surface area contributed by atoms with Crippen molar-refractivity contribution in [2.24, 2.45) is 23.5 Å². The van der Waals surface area contributed by atoms with Crippen LogP contribution < -0.4 is 11.1 Å². The van der Waals surface area contributed by atoms with E-state index in [1.807, 2.05) is 0 Å². The second-order valence-corrected chi connectivity index (χ2v) is 6.88. The van der Waals surface area contributed by atoms with Crippen molar-refractivity contribution < 1.29 is 4.79 Å². The number of amides is 1. The van der Waals surface area contributed by atoms with Crippen LogP contribution >= 0.6 is 0 Å². The van der Waals surface area contributed by atoms with E-state index in [1.54, 1.807) is 0 Å². The van der Waals surface area contributed by atoms with Gasteiger partial charge >= 0.3 is 0 Å². The van der Waals surface area contributed by atoms with Gasteiger partial charge in [-0.1, -0.05) is 20.3 Å². The van der Waals surface area contributed by atoms with Gasteiger partial charge in [0.15, 0.2) is 0 Å². The molecule has 4 unspecified atom stereocenters. The molecule has 1 saturated heterocycles. The summed E-state index contributed by atoms with van der Waals surface area (Å²) in [7, 11) is 0. The number of nitrogens with one attached hydrogen (secondary N) is 1. The summed E-state index contributed by atoms with van der Waals surface area (Å²) in [6.07, 6.45) is 6.19. The number of nitrogens with zero attached hydrogens (tertiary/aromatic N) is 1. The number of nitrogens with two attached hydrogens (primary N) is 1. The first kappa shape index (κ1) is 15.8. The normalized spacial score (nSPS) is 35.8. The molecule has 0 bridgehead atoms. The van der Waals surface area contributed by atoms with Crippen LogP contribution in [0.3, 0.4) is 0 Å². The van der Waals surface area contributed by atoms with Crippen LogP contribution in [0.1, 0.15) is 46.0 Å². The molecule has 0 aromatic carbocycles. The van der Waals surface area contributed by atoms with Crippen molar-refractivity contribution in [2.75, 3.05) is 26.2 Å². The SMILES string of the molecule is CC1CCC(C)C(N2CCCC(C(=O)NCCN)C2)C1. The quantitative estimate of drug-likeness (QED) is 0.823. The molecule has 1 saturated carbocycles. The predicted octanol–water partition coefficient (Wildman–Crippen LogP) is 1.60. The summed E-state index contributed by atoms with van der Waals surface area (Å²) in [5.41, 5.74) is 5.46. The van der Waals surface area contributed by atoms with Crippen LogP contribution in [0.4, 0.5) is 0 Å². The Morgan fingerprint density at radius 1 is 1.30 bits per heavy atom. The topological polar surface area (TPSA) is 58.4 Å². The van der Waals surface area contributed by atoms with E-state index < -0.39 is 0 Å². The van der Waals surface area contributed by atoms with Gasteiger partial charge in [0.05, 0.1) is 5.92 Å². The van der Waals surface area contributed by atoms with Crippen molar-refractivity contribution in [1.29, 1.82) is 0 Å². The molecule has 1 amide bonds. The average Bonchev–Trinajstić information content (AvgIpc) is 2.47. The third kappa shape index (κ3) is 3.95. The van der Waals surface area contributed by atoms with E-state index in [0.29, 0.717) is 19.1 Å². The lowest BCUT2D eigenvalue weighted by Crippen LogP contribution is -2.51. The fraction of sp³-hybridized carbons (Fsp3) is 0.938. The maximum atomic E-state index is 12.1. The van der Waals surface area contributed by atoms with Crippen molar-refractivity contribution in [2.45, 2.75) is 52.0 Å². The monoisotopic (exact) mass is 281 g/mol. The standard InChI is InChI=1S/C16H31N3O/c1-12-5-6-13(2)15(10-12)19-9-3-4-14(11-19)16(20)18-8-7-17/h12-15H,3-11,17H2,1-2H3,(H,18,20). The van der Waals surface area contributed by atoms with Crippen molar-refractivity contribution in [3.8, 4) is 0 Å². The molecule has 0 aromatic rings. The van der Waals surface area contributed by atoms with Crippen LogP contribution in [0.5, 0.6) is 0 Å². The molecule has 0 radical (unpaired) electrons. The summed E-state index contributed by atoms with van der Waals surface area (Å²) in [5.74, 6) is 1.98. The van der Waals surface area contributed by atoms with Crippen molar-refractivity contribution >= 4 is 5.91 Å². The highest BCUT2D eigenvalue weighted by molar-refractivity contribution is 5.78. The Morgan fingerprint density at radius 2 is 2.10 bits per heavy atom. The van der Waals surface area contributed by atoms with Gasteiger partial charge in [-0.05, 0) is 44.1 Å². The predicted molar refractivity (Wildman–Crippen MR) is 82.3 cm³/mol. The minimum atomic E-state index is 0.166. The first-order valence-electron chi connectivity index (χ1n) is 8.33. The Labute approximate surface area is 123 Å². The highest BCUT2D eigenvalue weighted by Gasteiger charge is 2.34. The number of carbonyl (C=O) groups excluding carboxylic acids is 1. The molecular weight excluding hydrogens is 250 g/mol. The van der Waals surface area contributed by atoms with Crippen molar-refractivity contribution in [3.05, 3.63) is 0 Å². The summed E-state index contributed by atoms with van der Waals surface area (Å²) >= 11 is 0. The zero-order chi connectivity index (χ0) is 14.5. The summed E-state index contributed by atoms with van der Waals surface area (Å²) in [6.45, 7) is 8.00. The molecule has 4 heteroatoms. The van der Waals surface area contributed by atoms with E-state index >= 15 is 0 Å². The van der Waals surface area contributed by atoms with E-state index in [2.05, 4.69) is 24.1 Å². The highest BCUT2D eigenvalue weighted by atomic mass is 16.1. The molecular formula is C16H31N3O. The number of hydrogen-bond donors (Lipinski definition) is 2. The third-order valence-corrected chi connectivity index (χ3v) is 5.15. The fourth-order valence-corrected chi connectivity index (χ4v) is 3.87. The Morgan fingerprint density at radius 3 is 2.85 bits per heavy atom. The molecule has 4 nitrogen and oxygen atoms in total. The summed E-state index contributed by atoms with van der Waals surface area (Å²) in [6, 6.07) is 0.684. The second kappa shape index (κ2) is 7.41. The molecule has 4 atom stereocenters. The van der Waals surface area contributed by atoms with Gasteiger partial charge in [0.2, 0.25) is 5.91 Å². The molecule has 3 N–H and O–H groups in total. The van der Waals surface area contributed by atoms with Gasteiger partial charge in [0.25, 0.3) is 0 Å². The minimum absolute atomic E-state index is 0.166. The molecule has 2 aliphatic rings. The van der Waals surface area contributed by atoms with Crippen LogP contribution in [0.2, 0.25) is 0 Å². The lowest BCUT2D eigenvalue weighted by Gasteiger charge is -2.44. The van der Waals surface area contributed by atoms with Gasteiger partial charge in [-0.3, -0.25) is 9.69 Å². The molecule has 0 aromatic heterocycles. The number of likely N-dealkylation sites (tertiary alicyclic amines) is 1. The molecule has 116 valence electrons. The van der Waals surface area contributed by atoms with E-state index in [4.69, 9.17) is 5.73 Å². The van der Waals surface area contributed by atoms with Crippen LogP contribution in [-0.4, -0.2) is 43.0 Å². The van der Waals surface area contributed by atoms with Crippen LogP contribution in [0, 0.1) is 17.8 Å². The largest absolute Gasteiger partial charge is 0.355 e. The van der Waals surface area contributed by atoms with Gasteiger partial charge in [-0.25, -0.2) is 0 Å². The van der Waals surface area contributed by atoms with E-state index in [9.17, 15) is 4.79 Å². The summed E-state index contributed by atoms with van der Waals surface area (Å²) in [5, 5.41) is 2.95. The number of hydrogen-bond acceptors (Lipinski definition) is 3. The third-order valence-electron chi connectivity index (χ3n) is 5.15. The maximum Gasteiger partial charge on any atom is 0.224 e. The smallest absolute Gasteiger partial charge is 0.224 e. The van der Waals surface area contributed by atoms with Gasteiger partial charge in [0, 0.05) is 25.7 Å². The first-order chi connectivity index (χ1) is 9.61. The number of rotatable bonds is 4. The molecule has 2 rings (SSSR count). The average molecular weight is 281 g/mol. The lowest BCUT2D eigenvalue weighted by molar-refractivity contribution is -0.127. The Hall–Kier alpha value is -0.610. The lowest BCUT2D eigenvalue weighted by atomic mass is 9.78. The molecule has 1 aliphatic heterocycles. The zero-order valence-electron chi connectivity index (χ0n) is 13.1. The number of carbonyl (C=O) groups is 1. The Balaban J connectivity index is 1.90. The van der Waals surface area contributed by atoms with E-state index in [0.717, 1.165) is 31.2 Å².